The van der Waals surface area contributed by atoms with Gasteiger partial charge in [-0.3, -0.25) is 24.7 Å². The van der Waals surface area contributed by atoms with E-state index in [0.29, 0.717) is 5.56 Å². The van der Waals surface area contributed by atoms with Gasteiger partial charge in [0.1, 0.15) is 12.3 Å². The molecule has 0 spiro atoms. The minimum Gasteiger partial charge on any atom is -0.456 e. The molecular formula is C23H29N3O7S. The molecule has 0 radical (unpaired) electrons. The van der Waals surface area contributed by atoms with Crippen molar-refractivity contribution in [3.63, 3.8) is 0 Å². The van der Waals surface area contributed by atoms with Gasteiger partial charge in [0.15, 0.2) is 0 Å². The van der Waals surface area contributed by atoms with Crippen molar-refractivity contribution in [2.24, 2.45) is 5.92 Å². The molecule has 11 heteroatoms. The summed E-state index contributed by atoms with van der Waals surface area (Å²) in [6.45, 7) is 4.23. The average molecular weight is 492 g/mol. The van der Waals surface area contributed by atoms with E-state index < -0.39 is 22.5 Å². The fourth-order valence-corrected chi connectivity index (χ4v) is 6.93. The lowest BCUT2D eigenvalue weighted by molar-refractivity contribution is -0.384. The molecule has 1 amide bonds. The normalized spacial score (nSPS) is 29.7. The minimum atomic E-state index is -0.873. The number of likely N-dealkylation sites (tertiary alicyclic amines) is 1. The summed E-state index contributed by atoms with van der Waals surface area (Å²) in [5, 5.41) is 31.2. The summed E-state index contributed by atoms with van der Waals surface area (Å²) in [5.74, 6) is -1.15. The molecule has 1 unspecified atom stereocenters. The molecule has 0 saturated carbocycles. The number of esters is 1. The maximum absolute atomic E-state index is 13.3. The van der Waals surface area contributed by atoms with E-state index in [4.69, 9.17) is 4.74 Å². The molecule has 2 N–H and O–H groups in total. The monoisotopic (exact) mass is 491 g/mol. The third-order valence-electron chi connectivity index (χ3n) is 7.29. The van der Waals surface area contributed by atoms with E-state index in [1.807, 2.05) is 14.0 Å². The quantitative estimate of drug-likeness (QED) is 0.241. The minimum absolute atomic E-state index is 0.0386. The number of carbonyl (C=O) groups excluding carboxylic acids is 2. The molecule has 0 aromatic heterocycles. The number of carbonyl (C=O) groups is 2. The molecule has 3 aliphatic heterocycles. The van der Waals surface area contributed by atoms with Crippen molar-refractivity contribution in [2.45, 2.75) is 56.2 Å². The Bertz CT molecular complexity index is 1030. The molecule has 34 heavy (non-hydrogen) atoms. The lowest BCUT2D eigenvalue weighted by Crippen LogP contribution is -2.68. The highest BCUT2D eigenvalue weighted by atomic mass is 32.2. The molecule has 5 atom stereocenters. The van der Waals surface area contributed by atoms with E-state index in [-0.39, 0.29) is 54.1 Å². The second-order valence-corrected chi connectivity index (χ2v) is 10.6. The van der Waals surface area contributed by atoms with Crippen LogP contribution in [0.25, 0.3) is 0 Å². The van der Waals surface area contributed by atoms with Gasteiger partial charge in [-0.25, -0.2) is 4.79 Å². The van der Waals surface area contributed by atoms with Crippen molar-refractivity contribution in [3.8, 4) is 0 Å². The number of fused-ring (bicyclic) bond motifs is 1. The van der Waals surface area contributed by atoms with E-state index in [1.54, 1.807) is 6.92 Å². The number of β-lactam (4-membered cyclic amide) rings is 1. The Labute approximate surface area is 201 Å². The first-order valence-corrected chi connectivity index (χ1v) is 12.1. The number of ether oxygens (including phenoxy) is 1. The van der Waals surface area contributed by atoms with Crippen molar-refractivity contribution in [2.75, 3.05) is 20.2 Å². The van der Waals surface area contributed by atoms with Crippen LogP contribution >= 0.6 is 11.8 Å². The number of nitro benzene ring substituents is 1. The second-order valence-electron chi connectivity index (χ2n) is 9.26. The van der Waals surface area contributed by atoms with Crippen LogP contribution in [-0.4, -0.2) is 79.9 Å². The van der Waals surface area contributed by atoms with Gasteiger partial charge in [-0.05, 0) is 38.1 Å². The highest BCUT2D eigenvalue weighted by Gasteiger charge is 2.65. The standard InChI is InChI=1S/C23H29N3O7S/c1-13-21(34-18-8-17(11-27)24(3)10-18)20(25-19(29)9-23(13,25)14(2)28)22(30)33-12-15-4-6-16(7-5-15)26(31)32/h4-7,13-14,17-18,27-28H,8-12H2,1-3H3/t13-,14?,17-,18-,23-/m0/s1. The fraction of sp³-hybridized carbons (Fsp3) is 0.565. The van der Waals surface area contributed by atoms with E-state index in [1.165, 1.54) is 40.9 Å². The molecule has 0 bridgehead atoms. The molecule has 3 heterocycles. The number of aliphatic hydroxyl groups excluding tert-OH is 2. The Morgan fingerprint density at radius 3 is 2.59 bits per heavy atom. The number of rotatable bonds is 8. The second kappa shape index (κ2) is 9.29. The smallest absolute Gasteiger partial charge is 0.356 e. The van der Waals surface area contributed by atoms with Gasteiger partial charge in [0, 0.05) is 40.8 Å². The summed E-state index contributed by atoms with van der Waals surface area (Å²) in [6, 6.07) is 5.76. The van der Waals surface area contributed by atoms with Crippen LogP contribution in [0, 0.1) is 16.0 Å². The molecule has 1 aromatic rings. The maximum Gasteiger partial charge on any atom is 0.356 e. The largest absolute Gasteiger partial charge is 0.456 e. The van der Waals surface area contributed by atoms with E-state index in [9.17, 15) is 29.9 Å². The van der Waals surface area contributed by atoms with Gasteiger partial charge >= 0.3 is 5.97 Å². The Morgan fingerprint density at radius 2 is 2.06 bits per heavy atom. The Kier molecular flexibility index (Phi) is 6.74. The predicted molar refractivity (Wildman–Crippen MR) is 124 cm³/mol. The zero-order chi connectivity index (χ0) is 24.8. The van der Waals surface area contributed by atoms with Gasteiger partial charge in [-0.1, -0.05) is 6.92 Å². The highest BCUT2D eigenvalue weighted by Crippen LogP contribution is 2.57. The lowest BCUT2D eigenvalue weighted by Gasteiger charge is -2.52. The Balaban J connectivity index is 1.58. The molecule has 10 nitrogen and oxygen atoms in total. The lowest BCUT2D eigenvalue weighted by atomic mass is 9.73. The first kappa shape index (κ1) is 24.6. The zero-order valence-electron chi connectivity index (χ0n) is 19.3. The van der Waals surface area contributed by atoms with Crippen molar-refractivity contribution in [1.29, 1.82) is 0 Å². The number of hydrogen-bond donors (Lipinski definition) is 2. The molecule has 184 valence electrons. The number of amides is 1. The molecule has 3 aliphatic rings. The van der Waals surface area contributed by atoms with Crippen molar-refractivity contribution < 1.29 is 29.5 Å². The van der Waals surface area contributed by atoms with E-state index in [0.717, 1.165) is 17.9 Å². The Morgan fingerprint density at radius 1 is 1.38 bits per heavy atom. The topological polar surface area (TPSA) is 133 Å². The number of likely N-dealkylation sites (N-methyl/N-ethyl adjacent to an activating group) is 1. The molecular weight excluding hydrogens is 462 g/mol. The van der Waals surface area contributed by atoms with Crippen LogP contribution in [0.2, 0.25) is 0 Å². The van der Waals surface area contributed by atoms with Crippen molar-refractivity contribution >= 4 is 29.3 Å². The van der Waals surface area contributed by atoms with Gasteiger partial charge in [0.05, 0.1) is 29.6 Å². The first-order chi connectivity index (χ1) is 16.1. The van der Waals surface area contributed by atoms with Crippen LogP contribution in [0.1, 0.15) is 32.3 Å². The van der Waals surface area contributed by atoms with Gasteiger partial charge in [-0.15, -0.1) is 11.8 Å². The third-order valence-corrected chi connectivity index (χ3v) is 8.76. The van der Waals surface area contributed by atoms with Gasteiger partial charge in [0.25, 0.3) is 5.69 Å². The Hall–Kier alpha value is -2.47. The number of non-ortho nitro benzene ring substituents is 1. The zero-order valence-corrected chi connectivity index (χ0v) is 20.2. The van der Waals surface area contributed by atoms with E-state index >= 15 is 0 Å². The average Bonchev–Trinajstić information content (AvgIpc) is 3.25. The number of nitrogens with zero attached hydrogens (tertiary/aromatic N) is 3. The summed E-state index contributed by atoms with van der Waals surface area (Å²) >= 11 is 1.52. The van der Waals surface area contributed by atoms with Crippen molar-refractivity contribution in [1.82, 2.24) is 9.80 Å². The number of benzene rings is 1. The summed E-state index contributed by atoms with van der Waals surface area (Å²) in [7, 11) is 1.95. The molecule has 0 aliphatic carbocycles. The molecule has 1 aromatic carbocycles. The van der Waals surface area contributed by atoms with Crippen LogP contribution in [0.3, 0.4) is 0 Å². The third kappa shape index (κ3) is 4.00. The van der Waals surface area contributed by atoms with Crippen LogP contribution < -0.4 is 0 Å². The van der Waals surface area contributed by atoms with Crippen LogP contribution in [0.5, 0.6) is 0 Å². The van der Waals surface area contributed by atoms with Crippen LogP contribution in [0.15, 0.2) is 34.9 Å². The molecule has 2 fully saturated rings. The fourth-order valence-electron chi connectivity index (χ4n) is 5.25. The summed E-state index contributed by atoms with van der Waals surface area (Å²) in [6.07, 6.45) is 0.0558. The van der Waals surface area contributed by atoms with Crippen LogP contribution in [-0.2, 0) is 20.9 Å². The van der Waals surface area contributed by atoms with E-state index in [2.05, 4.69) is 4.90 Å². The summed E-state index contributed by atoms with van der Waals surface area (Å²) in [5.41, 5.74) is -0.176. The summed E-state index contributed by atoms with van der Waals surface area (Å²) in [4.78, 5) is 40.5. The van der Waals surface area contributed by atoms with Crippen molar-refractivity contribution in [3.05, 3.63) is 50.5 Å². The summed E-state index contributed by atoms with van der Waals surface area (Å²) < 4.78 is 5.54. The first-order valence-electron chi connectivity index (χ1n) is 11.2. The molecule has 2 saturated heterocycles. The SMILES string of the molecule is CC(O)[C@@]12CC(=O)N1C(C(=O)OCc1ccc([N+](=O)[O-])cc1)=C(S[C@H]1C[C@@H](CO)N(C)C1)[C@@H]2C. The molecule has 4 rings (SSSR count). The number of nitro groups is 1. The van der Waals surface area contributed by atoms with Gasteiger partial charge in [-0.2, -0.15) is 0 Å². The predicted octanol–water partition coefficient (Wildman–Crippen LogP) is 1.65. The van der Waals surface area contributed by atoms with Crippen LogP contribution in [0.4, 0.5) is 5.69 Å². The van der Waals surface area contributed by atoms with Gasteiger partial charge < -0.3 is 14.9 Å². The number of aliphatic hydroxyl groups is 2. The number of hydrogen-bond acceptors (Lipinski definition) is 9. The maximum atomic E-state index is 13.3. The number of thioether (sulfide) groups is 1. The van der Waals surface area contributed by atoms with Gasteiger partial charge in [0.2, 0.25) is 5.91 Å². The highest BCUT2D eigenvalue weighted by molar-refractivity contribution is 8.03.